The van der Waals surface area contributed by atoms with Crippen LogP contribution in [-0.2, 0) is 12.6 Å². The second-order valence-corrected chi connectivity index (χ2v) is 4.89. The molecule has 1 aromatic carbocycles. The molecule has 0 bridgehead atoms. The minimum Gasteiger partial charge on any atom is -0.348 e. The third kappa shape index (κ3) is 1.16. The number of nitrogens with zero attached hydrogens (tertiary/aromatic N) is 1. The monoisotopic (exact) mass is 236 g/mol. The van der Waals surface area contributed by atoms with Crippen LogP contribution >= 0.6 is 0 Å². The van der Waals surface area contributed by atoms with Crippen molar-refractivity contribution in [2.24, 2.45) is 12.8 Å². The molecule has 2 N–H and O–H groups in total. The highest BCUT2D eigenvalue weighted by molar-refractivity contribution is 5.87. The van der Waals surface area contributed by atoms with E-state index in [1.165, 1.54) is 0 Å². The van der Waals surface area contributed by atoms with Gasteiger partial charge < -0.3 is 10.3 Å². The van der Waals surface area contributed by atoms with Gasteiger partial charge in [0.2, 0.25) is 0 Å². The molecule has 1 heterocycles. The van der Waals surface area contributed by atoms with E-state index in [-0.39, 0.29) is 6.42 Å². The number of hydrogen-bond acceptors (Lipinski definition) is 1. The summed E-state index contributed by atoms with van der Waals surface area (Å²) in [5, 5.41) is 0.840. The van der Waals surface area contributed by atoms with Crippen molar-refractivity contribution in [3.05, 3.63) is 35.5 Å². The average molecular weight is 236 g/mol. The number of hydrogen-bond donors (Lipinski definition) is 1. The lowest BCUT2D eigenvalue weighted by molar-refractivity contribution is 0.0892. The summed E-state index contributed by atoms with van der Waals surface area (Å²) >= 11 is 0. The maximum absolute atomic E-state index is 13.4. The highest BCUT2D eigenvalue weighted by atomic mass is 19.3. The Hall–Kier alpha value is -1.42. The molecule has 0 amide bonds. The third-order valence-electron chi connectivity index (χ3n) is 3.87. The van der Waals surface area contributed by atoms with Crippen molar-refractivity contribution < 1.29 is 8.78 Å². The lowest BCUT2D eigenvalue weighted by atomic mass is 10.0. The van der Waals surface area contributed by atoms with Crippen molar-refractivity contribution in [3.8, 4) is 0 Å². The zero-order valence-electron chi connectivity index (χ0n) is 9.80. The smallest absolute Gasteiger partial charge is 0.272 e. The molecule has 1 fully saturated rings. The molecule has 2 nitrogen and oxygen atoms in total. The number of benzene rings is 1. The Morgan fingerprint density at radius 1 is 1.29 bits per heavy atom. The first kappa shape index (κ1) is 10.7. The molecule has 2 aromatic rings. The van der Waals surface area contributed by atoms with Gasteiger partial charge in [-0.05, 0) is 13.0 Å². The second kappa shape index (κ2) is 2.88. The summed E-state index contributed by atoms with van der Waals surface area (Å²) in [6.45, 7) is 1.85. The number of alkyl halides is 2. The average Bonchev–Trinajstić information content (AvgIpc) is 2.65. The predicted molar refractivity (Wildman–Crippen MR) is 63.1 cm³/mol. The van der Waals surface area contributed by atoms with E-state index in [2.05, 4.69) is 0 Å². The zero-order chi connectivity index (χ0) is 12.4. The SMILES string of the molecule is Cc1c(C2(N)CC2(F)F)c2ccccc2n1C. The van der Waals surface area contributed by atoms with Crippen LogP contribution in [0, 0.1) is 6.92 Å². The van der Waals surface area contributed by atoms with Crippen molar-refractivity contribution in [1.29, 1.82) is 0 Å². The summed E-state index contributed by atoms with van der Waals surface area (Å²) in [5.74, 6) is -2.78. The van der Waals surface area contributed by atoms with Crippen LogP contribution in [0.25, 0.3) is 10.9 Å². The first-order chi connectivity index (χ1) is 7.88. The predicted octanol–water partition coefficient (Wildman–Crippen LogP) is 2.68. The Kier molecular flexibility index (Phi) is 1.81. The highest BCUT2D eigenvalue weighted by Crippen LogP contribution is 2.59. The molecule has 0 saturated heterocycles. The van der Waals surface area contributed by atoms with E-state index < -0.39 is 11.5 Å². The van der Waals surface area contributed by atoms with E-state index in [0.717, 1.165) is 16.6 Å². The Morgan fingerprint density at radius 3 is 2.47 bits per heavy atom. The summed E-state index contributed by atoms with van der Waals surface area (Å²) < 4.78 is 28.8. The molecule has 1 aliphatic carbocycles. The quantitative estimate of drug-likeness (QED) is 0.810. The van der Waals surface area contributed by atoms with Gasteiger partial charge in [0, 0.05) is 35.6 Å². The van der Waals surface area contributed by atoms with Crippen LogP contribution in [0.3, 0.4) is 0 Å². The fraction of sp³-hybridized carbons (Fsp3) is 0.385. The van der Waals surface area contributed by atoms with E-state index >= 15 is 0 Å². The molecular weight excluding hydrogens is 222 g/mol. The Balaban J connectivity index is 2.35. The van der Waals surface area contributed by atoms with Crippen LogP contribution in [0.4, 0.5) is 8.78 Å². The standard InChI is InChI=1S/C13H14F2N2/c1-8-11(12(16)7-13(12,14)15)9-5-3-4-6-10(9)17(8)2/h3-6H,7,16H2,1-2H3. The van der Waals surface area contributed by atoms with Gasteiger partial charge in [0.15, 0.2) is 0 Å². The third-order valence-corrected chi connectivity index (χ3v) is 3.87. The van der Waals surface area contributed by atoms with Crippen LogP contribution < -0.4 is 5.73 Å². The normalized spacial score (nSPS) is 26.4. The number of nitrogens with two attached hydrogens (primary N) is 1. The summed E-state index contributed by atoms with van der Waals surface area (Å²) in [5.41, 5.74) is 6.76. The molecule has 0 spiro atoms. The van der Waals surface area contributed by atoms with Crippen molar-refractivity contribution in [1.82, 2.24) is 4.57 Å². The Bertz CT molecular complexity index is 615. The fourth-order valence-electron chi connectivity index (χ4n) is 2.66. The molecule has 1 unspecified atom stereocenters. The van der Waals surface area contributed by atoms with Gasteiger partial charge in [-0.3, -0.25) is 0 Å². The minimum atomic E-state index is -2.78. The van der Waals surface area contributed by atoms with Crippen molar-refractivity contribution in [2.75, 3.05) is 0 Å². The molecule has 4 heteroatoms. The van der Waals surface area contributed by atoms with Gasteiger partial charge >= 0.3 is 0 Å². The van der Waals surface area contributed by atoms with Gasteiger partial charge in [0.05, 0.1) is 0 Å². The lowest BCUT2D eigenvalue weighted by Gasteiger charge is -2.11. The van der Waals surface area contributed by atoms with Crippen molar-refractivity contribution in [2.45, 2.75) is 24.8 Å². The zero-order valence-corrected chi connectivity index (χ0v) is 9.80. The Morgan fingerprint density at radius 2 is 1.88 bits per heavy atom. The summed E-state index contributed by atoms with van der Waals surface area (Å²) in [4.78, 5) is 0. The van der Waals surface area contributed by atoms with Crippen LogP contribution in [0.15, 0.2) is 24.3 Å². The second-order valence-electron chi connectivity index (χ2n) is 4.89. The van der Waals surface area contributed by atoms with E-state index in [9.17, 15) is 8.78 Å². The molecule has 17 heavy (non-hydrogen) atoms. The maximum Gasteiger partial charge on any atom is 0.272 e. The summed E-state index contributed by atoms with van der Waals surface area (Å²) in [6.07, 6.45) is -0.255. The molecule has 1 aliphatic rings. The first-order valence-corrected chi connectivity index (χ1v) is 5.60. The molecule has 3 rings (SSSR count). The van der Waals surface area contributed by atoms with E-state index in [1.54, 1.807) is 0 Å². The molecule has 0 radical (unpaired) electrons. The topological polar surface area (TPSA) is 30.9 Å². The molecule has 90 valence electrons. The lowest BCUT2D eigenvalue weighted by Crippen LogP contribution is -2.28. The minimum absolute atomic E-state index is 0.255. The van der Waals surface area contributed by atoms with E-state index in [4.69, 9.17) is 5.73 Å². The number of rotatable bonds is 1. The van der Waals surface area contributed by atoms with Gasteiger partial charge in [0.25, 0.3) is 5.92 Å². The van der Waals surface area contributed by atoms with Crippen LogP contribution in [0.2, 0.25) is 0 Å². The van der Waals surface area contributed by atoms with E-state index in [1.807, 2.05) is 42.8 Å². The van der Waals surface area contributed by atoms with E-state index in [0.29, 0.717) is 5.56 Å². The largest absolute Gasteiger partial charge is 0.348 e. The van der Waals surface area contributed by atoms with Gasteiger partial charge in [0.1, 0.15) is 5.54 Å². The van der Waals surface area contributed by atoms with Gasteiger partial charge in [-0.25, -0.2) is 8.78 Å². The summed E-state index contributed by atoms with van der Waals surface area (Å²) in [7, 11) is 1.88. The number of fused-ring (bicyclic) bond motifs is 1. The molecule has 1 aromatic heterocycles. The van der Waals surface area contributed by atoms with Gasteiger partial charge in [-0.1, -0.05) is 18.2 Å². The fourth-order valence-corrected chi connectivity index (χ4v) is 2.66. The maximum atomic E-state index is 13.4. The molecule has 1 atom stereocenters. The van der Waals surface area contributed by atoms with Crippen LogP contribution in [-0.4, -0.2) is 10.5 Å². The molecule has 1 saturated carbocycles. The number of aromatic nitrogens is 1. The van der Waals surface area contributed by atoms with Gasteiger partial charge in [-0.2, -0.15) is 0 Å². The molecular formula is C13H14F2N2. The number of para-hydroxylation sites is 1. The first-order valence-electron chi connectivity index (χ1n) is 5.60. The van der Waals surface area contributed by atoms with Crippen molar-refractivity contribution >= 4 is 10.9 Å². The highest BCUT2D eigenvalue weighted by Gasteiger charge is 2.71. The van der Waals surface area contributed by atoms with Gasteiger partial charge in [-0.15, -0.1) is 0 Å². The Labute approximate surface area is 98.0 Å². The molecule has 0 aliphatic heterocycles. The number of halogens is 2. The number of aryl methyl sites for hydroxylation is 1. The summed E-state index contributed by atoms with van der Waals surface area (Å²) in [6, 6.07) is 7.55. The van der Waals surface area contributed by atoms with Crippen LogP contribution in [0.5, 0.6) is 0 Å². The van der Waals surface area contributed by atoms with Crippen molar-refractivity contribution in [3.63, 3.8) is 0 Å². The van der Waals surface area contributed by atoms with Crippen LogP contribution in [0.1, 0.15) is 17.7 Å².